The van der Waals surface area contributed by atoms with E-state index in [4.69, 9.17) is 20.5 Å². The molecule has 3 aromatic rings. The van der Waals surface area contributed by atoms with Gasteiger partial charge in [0.05, 0.1) is 22.8 Å². The van der Waals surface area contributed by atoms with Crippen molar-refractivity contribution < 1.29 is 35.7 Å². The third kappa shape index (κ3) is 7.19. The second-order valence-electron chi connectivity index (χ2n) is 8.71. The van der Waals surface area contributed by atoms with Crippen molar-refractivity contribution >= 4 is 24.1 Å². The number of nitrogens with zero attached hydrogens (tertiary/aromatic N) is 4. The van der Waals surface area contributed by atoms with Crippen molar-refractivity contribution in [3.05, 3.63) is 70.6 Å². The van der Waals surface area contributed by atoms with Crippen LogP contribution in [0.15, 0.2) is 52.1 Å². The Kier molecular flexibility index (Phi) is 8.78. The summed E-state index contributed by atoms with van der Waals surface area (Å²) in [6, 6.07) is 8.04. The number of nitrogens with two attached hydrogens (primary N) is 1. The lowest BCUT2D eigenvalue weighted by molar-refractivity contribution is -0.143. The number of benzene rings is 2. The molecule has 0 aliphatic carbocycles. The largest absolute Gasteiger partial charge is 0.416 e. The van der Waals surface area contributed by atoms with Gasteiger partial charge in [0.2, 0.25) is 11.7 Å². The van der Waals surface area contributed by atoms with Gasteiger partial charge in [0.15, 0.2) is 5.96 Å². The van der Waals surface area contributed by atoms with E-state index in [1.165, 1.54) is 0 Å². The van der Waals surface area contributed by atoms with E-state index in [-0.39, 0.29) is 35.9 Å². The van der Waals surface area contributed by atoms with Crippen LogP contribution in [0.5, 0.6) is 0 Å². The molecule has 0 amide bonds. The van der Waals surface area contributed by atoms with Crippen LogP contribution in [-0.2, 0) is 23.8 Å². The molecule has 3 N–H and O–H groups in total. The number of guanidine groups is 1. The standard InChI is InChI=1S/C24H22F6N6O2.ClH/c1-13(34-37-12-14-8-18(23(25,26)27)10-19(9-14)24(28,29)30)15-2-4-16(5-3-15)20-33-21(38-35-20)17-6-7-36(11-17)22(31)32;/h2-5,8-10,17H,6-7,11-12H2,1H3,(H3,31,32);1H/b34-13+;/t17-;/m1./s1. The van der Waals surface area contributed by atoms with Gasteiger partial charge in [0.25, 0.3) is 0 Å². The molecule has 1 atom stereocenters. The Hall–Kier alpha value is -3.81. The highest BCUT2D eigenvalue weighted by Crippen LogP contribution is 2.36. The van der Waals surface area contributed by atoms with Crippen molar-refractivity contribution in [2.75, 3.05) is 13.1 Å². The van der Waals surface area contributed by atoms with Gasteiger partial charge < -0.3 is 20.0 Å². The van der Waals surface area contributed by atoms with Crippen LogP contribution in [0.25, 0.3) is 11.4 Å². The highest BCUT2D eigenvalue weighted by molar-refractivity contribution is 5.98. The molecule has 2 heterocycles. The van der Waals surface area contributed by atoms with Crippen molar-refractivity contribution in [3.8, 4) is 11.4 Å². The van der Waals surface area contributed by atoms with Gasteiger partial charge >= 0.3 is 12.4 Å². The molecule has 0 saturated carbocycles. The lowest BCUT2D eigenvalue weighted by Gasteiger charge is -2.14. The zero-order valence-electron chi connectivity index (χ0n) is 20.3. The van der Waals surface area contributed by atoms with Gasteiger partial charge in [-0.15, -0.1) is 12.4 Å². The topological polar surface area (TPSA) is 114 Å². The first-order valence-corrected chi connectivity index (χ1v) is 11.3. The smallest absolute Gasteiger partial charge is 0.391 e. The van der Waals surface area contributed by atoms with Crippen LogP contribution in [0.1, 0.15) is 47.4 Å². The summed E-state index contributed by atoms with van der Waals surface area (Å²) in [5, 5.41) is 15.4. The van der Waals surface area contributed by atoms with Gasteiger partial charge in [-0.1, -0.05) is 34.6 Å². The Morgan fingerprint density at radius 2 is 1.72 bits per heavy atom. The van der Waals surface area contributed by atoms with Gasteiger partial charge in [-0.25, -0.2) is 0 Å². The average molecular weight is 577 g/mol. The number of oxime groups is 1. The molecule has 1 aromatic heterocycles. The molecular formula is C24H23ClF6N6O2. The monoisotopic (exact) mass is 576 g/mol. The zero-order valence-corrected chi connectivity index (χ0v) is 21.1. The van der Waals surface area contributed by atoms with E-state index < -0.39 is 30.1 Å². The van der Waals surface area contributed by atoms with Crippen LogP contribution in [0.2, 0.25) is 0 Å². The molecule has 8 nitrogen and oxygen atoms in total. The summed E-state index contributed by atoms with van der Waals surface area (Å²) < 4.78 is 83.5. The Balaban J connectivity index is 0.00000420. The van der Waals surface area contributed by atoms with E-state index in [9.17, 15) is 26.3 Å². The third-order valence-electron chi connectivity index (χ3n) is 5.96. The maximum Gasteiger partial charge on any atom is 0.416 e. The summed E-state index contributed by atoms with van der Waals surface area (Å²) in [6.07, 6.45) is -9.15. The maximum atomic E-state index is 13.0. The first-order chi connectivity index (χ1) is 17.8. The minimum atomic E-state index is -4.94. The molecule has 1 aliphatic heterocycles. The van der Waals surface area contributed by atoms with Crippen LogP contribution in [-0.4, -0.2) is 39.8 Å². The fourth-order valence-corrected chi connectivity index (χ4v) is 3.92. The Labute approximate surface area is 224 Å². The zero-order chi connectivity index (χ0) is 27.7. The fraction of sp³-hybridized carbons (Fsp3) is 0.333. The van der Waals surface area contributed by atoms with Crippen molar-refractivity contribution in [1.29, 1.82) is 5.41 Å². The van der Waals surface area contributed by atoms with Crippen LogP contribution >= 0.6 is 12.4 Å². The molecular weight excluding hydrogens is 554 g/mol. The van der Waals surface area contributed by atoms with Gasteiger partial charge in [0.1, 0.15) is 6.61 Å². The number of hydrogen-bond donors (Lipinski definition) is 2. The molecule has 1 fully saturated rings. The first kappa shape index (κ1) is 29.7. The van der Waals surface area contributed by atoms with Crippen molar-refractivity contribution in [2.45, 2.75) is 38.2 Å². The van der Waals surface area contributed by atoms with Crippen LogP contribution in [0.3, 0.4) is 0 Å². The lowest BCUT2D eigenvalue weighted by atomic mass is 10.1. The number of nitrogens with one attached hydrogen (secondary N) is 1. The molecule has 1 aliphatic rings. The van der Waals surface area contributed by atoms with Crippen LogP contribution < -0.4 is 5.73 Å². The molecule has 210 valence electrons. The number of rotatable bonds is 6. The summed E-state index contributed by atoms with van der Waals surface area (Å²) >= 11 is 0. The summed E-state index contributed by atoms with van der Waals surface area (Å²) in [5.74, 6) is 0.769. The Morgan fingerprint density at radius 1 is 1.10 bits per heavy atom. The van der Waals surface area contributed by atoms with E-state index in [0.717, 1.165) is 6.42 Å². The molecule has 15 heteroatoms. The van der Waals surface area contributed by atoms with E-state index in [2.05, 4.69) is 15.3 Å². The molecule has 0 bridgehead atoms. The van der Waals surface area contributed by atoms with E-state index in [1.54, 1.807) is 36.1 Å². The molecule has 1 saturated heterocycles. The molecule has 0 unspecified atom stereocenters. The minimum Gasteiger partial charge on any atom is -0.391 e. The molecule has 0 radical (unpaired) electrons. The SMILES string of the molecule is C/C(=N\OCc1cc(C(F)(F)F)cc(C(F)(F)F)c1)c1ccc(-c2noc([C@@H]3CCN(C(=N)N)C3)n2)cc1.Cl. The number of halogens is 7. The summed E-state index contributed by atoms with van der Waals surface area (Å²) in [4.78, 5) is 11.2. The van der Waals surface area contributed by atoms with Gasteiger partial charge in [0, 0.05) is 18.7 Å². The molecule has 39 heavy (non-hydrogen) atoms. The number of likely N-dealkylation sites (tertiary alicyclic amines) is 1. The van der Waals surface area contributed by atoms with Crippen LogP contribution in [0.4, 0.5) is 26.3 Å². The Bertz CT molecular complexity index is 1310. The average Bonchev–Trinajstić information content (AvgIpc) is 3.53. The second kappa shape index (κ2) is 11.5. The first-order valence-electron chi connectivity index (χ1n) is 11.3. The minimum absolute atomic E-state index is 0. The van der Waals surface area contributed by atoms with Gasteiger partial charge in [-0.2, -0.15) is 31.3 Å². The number of aromatic nitrogens is 2. The van der Waals surface area contributed by atoms with Gasteiger partial charge in [-0.3, -0.25) is 5.41 Å². The summed E-state index contributed by atoms with van der Waals surface area (Å²) in [7, 11) is 0. The lowest BCUT2D eigenvalue weighted by Crippen LogP contribution is -2.34. The normalized spacial score (nSPS) is 16.2. The molecule has 4 rings (SSSR count). The fourth-order valence-electron chi connectivity index (χ4n) is 3.92. The summed E-state index contributed by atoms with van der Waals surface area (Å²) in [5.41, 5.74) is 3.97. The second-order valence-corrected chi connectivity index (χ2v) is 8.71. The molecule has 0 spiro atoms. The van der Waals surface area contributed by atoms with Crippen molar-refractivity contribution in [2.24, 2.45) is 10.9 Å². The quantitative estimate of drug-likeness (QED) is 0.165. The number of alkyl halides is 6. The Morgan fingerprint density at radius 3 is 2.26 bits per heavy atom. The van der Waals surface area contributed by atoms with Crippen molar-refractivity contribution in [1.82, 2.24) is 15.0 Å². The third-order valence-corrected chi connectivity index (χ3v) is 5.96. The molecule has 2 aromatic carbocycles. The highest BCUT2D eigenvalue weighted by Gasteiger charge is 2.37. The van der Waals surface area contributed by atoms with Gasteiger partial charge in [-0.05, 0) is 42.7 Å². The summed E-state index contributed by atoms with van der Waals surface area (Å²) in [6.45, 7) is 2.14. The number of hydrogen-bond acceptors (Lipinski definition) is 6. The predicted molar refractivity (Wildman–Crippen MR) is 131 cm³/mol. The maximum absolute atomic E-state index is 13.0. The van der Waals surface area contributed by atoms with E-state index in [0.29, 0.717) is 53.8 Å². The van der Waals surface area contributed by atoms with Crippen molar-refractivity contribution in [3.63, 3.8) is 0 Å². The highest BCUT2D eigenvalue weighted by atomic mass is 35.5. The van der Waals surface area contributed by atoms with E-state index >= 15 is 0 Å². The van der Waals surface area contributed by atoms with Crippen LogP contribution in [0, 0.1) is 5.41 Å². The predicted octanol–water partition coefficient (Wildman–Crippen LogP) is 5.82. The van der Waals surface area contributed by atoms with E-state index in [1.807, 2.05) is 0 Å².